The first-order valence-electron chi connectivity index (χ1n) is 3.90. The Bertz CT molecular complexity index is 177. The molecule has 3 heteroatoms. The summed E-state index contributed by atoms with van der Waals surface area (Å²) in [5, 5.41) is 0.109. The van der Waals surface area contributed by atoms with E-state index in [0.717, 1.165) is 12.2 Å². The molecule has 1 unspecified atom stereocenters. The molecule has 0 heterocycles. The van der Waals surface area contributed by atoms with Crippen LogP contribution < -0.4 is 0 Å². The van der Waals surface area contributed by atoms with Crippen molar-refractivity contribution in [2.24, 2.45) is 0 Å². The molecule has 0 spiro atoms. The molecular weight excluding hydrogens is 160 g/mol. The average molecular weight is 172 g/mol. The Labute approximate surface area is 70.7 Å². The fourth-order valence-corrected chi connectivity index (χ4v) is 2.18. The van der Waals surface area contributed by atoms with Gasteiger partial charge in [0.1, 0.15) is 5.78 Å². The number of ketones is 2. The Morgan fingerprint density at radius 3 is 2.82 bits per heavy atom. The fraction of sp³-hybridized carbons (Fsp3) is 0.750. The predicted molar refractivity (Wildman–Crippen MR) is 45.8 cm³/mol. The molecule has 11 heavy (non-hydrogen) atoms. The molecular formula is C8H12O2S. The monoisotopic (exact) mass is 172 g/mol. The summed E-state index contributed by atoms with van der Waals surface area (Å²) in [6.45, 7) is 2.04. The van der Waals surface area contributed by atoms with Crippen molar-refractivity contribution in [3.63, 3.8) is 0 Å². The standard InChI is InChI=1S/C8H12O2S/c1-2-11-8-4-3-6(9)5-7(8)10/h8H,2-5H2,1H3. The van der Waals surface area contributed by atoms with Crippen molar-refractivity contribution >= 4 is 23.3 Å². The van der Waals surface area contributed by atoms with Crippen LogP contribution in [0.1, 0.15) is 26.2 Å². The Kier molecular flexibility index (Phi) is 3.12. The maximum atomic E-state index is 11.2. The van der Waals surface area contributed by atoms with Gasteiger partial charge < -0.3 is 0 Å². The maximum Gasteiger partial charge on any atom is 0.153 e. The smallest absolute Gasteiger partial charge is 0.153 e. The van der Waals surface area contributed by atoms with E-state index in [-0.39, 0.29) is 23.2 Å². The molecule has 1 atom stereocenters. The lowest BCUT2D eigenvalue weighted by atomic mass is 9.98. The molecule has 1 fully saturated rings. The average Bonchev–Trinajstić information content (AvgIpc) is 1.95. The minimum atomic E-state index is 0.109. The van der Waals surface area contributed by atoms with Gasteiger partial charge in [-0.1, -0.05) is 6.92 Å². The van der Waals surface area contributed by atoms with Gasteiger partial charge in [-0.15, -0.1) is 0 Å². The van der Waals surface area contributed by atoms with Gasteiger partial charge in [0.2, 0.25) is 0 Å². The predicted octanol–water partition coefficient (Wildman–Crippen LogP) is 1.43. The van der Waals surface area contributed by atoms with E-state index in [9.17, 15) is 9.59 Å². The topological polar surface area (TPSA) is 34.1 Å². The second-order valence-corrected chi connectivity index (χ2v) is 4.14. The molecule has 1 aliphatic rings. The number of hydrogen-bond donors (Lipinski definition) is 0. The van der Waals surface area contributed by atoms with Crippen LogP contribution in [0.2, 0.25) is 0 Å². The van der Waals surface area contributed by atoms with Gasteiger partial charge in [-0.2, -0.15) is 11.8 Å². The Hall–Kier alpha value is -0.310. The third-order valence-electron chi connectivity index (χ3n) is 1.78. The van der Waals surface area contributed by atoms with Gasteiger partial charge in [0.15, 0.2) is 5.78 Å². The Morgan fingerprint density at radius 1 is 1.55 bits per heavy atom. The van der Waals surface area contributed by atoms with Crippen LogP contribution in [0.5, 0.6) is 0 Å². The van der Waals surface area contributed by atoms with Crippen LogP contribution in [0.4, 0.5) is 0 Å². The highest BCUT2D eigenvalue weighted by Crippen LogP contribution is 2.23. The normalized spacial score (nSPS) is 25.7. The molecule has 0 amide bonds. The van der Waals surface area contributed by atoms with Gasteiger partial charge in [-0.05, 0) is 12.2 Å². The van der Waals surface area contributed by atoms with Crippen molar-refractivity contribution in [3.05, 3.63) is 0 Å². The number of carbonyl (C=O) groups excluding carboxylic acids is 2. The van der Waals surface area contributed by atoms with E-state index in [4.69, 9.17) is 0 Å². The zero-order valence-corrected chi connectivity index (χ0v) is 7.45. The van der Waals surface area contributed by atoms with Crippen molar-refractivity contribution < 1.29 is 9.59 Å². The van der Waals surface area contributed by atoms with Crippen LogP contribution >= 0.6 is 11.8 Å². The first kappa shape index (κ1) is 8.78. The third kappa shape index (κ3) is 2.33. The first-order valence-corrected chi connectivity index (χ1v) is 4.95. The third-order valence-corrected chi connectivity index (χ3v) is 3.02. The van der Waals surface area contributed by atoms with Crippen molar-refractivity contribution in [1.29, 1.82) is 0 Å². The van der Waals surface area contributed by atoms with E-state index in [1.165, 1.54) is 0 Å². The van der Waals surface area contributed by atoms with Crippen LogP contribution in [0.3, 0.4) is 0 Å². The summed E-state index contributed by atoms with van der Waals surface area (Å²) < 4.78 is 0. The largest absolute Gasteiger partial charge is 0.299 e. The molecule has 0 saturated heterocycles. The molecule has 2 nitrogen and oxygen atoms in total. The lowest BCUT2D eigenvalue weighted by Gasteiger charge is -2.17. The van der Waals surface area contributed by atoms with Crippen molar-refractivity contribution in [2.75, 3.05) is 5.75 Å². The SMILES string of the molecule is CCSC1CCC(=O)CC1=O. The molecule has 1 rings (SSSR count). The summed E-state index contributed by atoms with van der Waals surface area (Å²) in [5.41, 5.74) is 0. The van der Waals surface area contributed by atoms with E-state index in [2.05, 4.69) is 0 Å². The van der Waals surface area contributed by atoms with Crippen LogP contribution in [-0.4, -0.2) is 22.6 Å². The van der Waals surface area contributed by atoms with E-state index in [1.54, 1.807) is 11.8 Å². The van der Waals surface area contributed by atoms with Crippen LogP contribution in [-0.2, 0) is 9.59 Å². The molecule has 0 aromatic heterocycles. The Morgan fingerprint density at radius 2 is 2.27 bits per heavy atom. The zero-order chi connectivity index (χ0) is 8.27. The van der Waals surface area contributed by atoms with E-state index in [1.807, 2.05) is 6.92 Å². The number of carbonyl (C=O) groups is 2. The molecule has 0 aromatic rings. The summed E-state index contributed by atoms with van der Waals surface area (Å²) in [5.74, 6) is 1.21. The summed E-state index contributed by atoms with van der Waals surface area (Å²) in [6.07, 6.45) is 1.54. The van der Waals surface area contributed by atoms with E-state index < -0.39 is 0 Å². The Balaban J connectivity index is 2.44. The molecule has 1 aliphatic carbocycles. The van der Waals surface area contributed by atoms with Gasteiger partial charge >= 0.3 is 0 Å². The fourth-order valence-electron chi connectivity index (χ4n) is 1.23. The van der Waals surface area contributed by atoms with E-state index in [0.29, 0.717) is 6.42 Å². The number of rotatable bonds is 2. The zero-order valence-electron chi connectivity index (χ0n) is 6.63. The molecule has 0 bridgehead atoms. The van der Waals surface area contributed by atoms with E-state index >= 15 is 0 Å². The van der Waals surface area contributed by atoms with Gasteiger partial charge in [-0.3, -0.25) is 9.59 Å². The maximum absolute atomic E-state index is 11.2. The van der Waals surface area contributed by atoms with Crippen molar-refractivity contribution in [2.45, 2.75) is 31.4 Å². The van der Waals surface area contributed by atoms with Gasteiger partial charge in [0.05, 0.1) is 11.7 Å². The van der Waals surface area contributed by atoms with Crippen LogP contribution in [0.25, 0.3) is 0 Å². The van der Waals surface area contributed by atoms with Crippen molar-refractivity contribution in [1.82, 2.24) is 0 Å². The minimum Gasteiger partial charge on any atom is -0.299 e. The highest BCUT2D eigenvalue weighted by atomic mass is 32.2. The minimum absolute atomic E-state index is 0.109. The second-order valence-electron chi connectivity index (χ2n) is 2.66. The molecule has 0 aromatic carbocycles. The second kappa shape index (κ2) is 3.90. The van der Waals surface area contributed by atoms with Crippen molar-refractivity contribution in [3.8, 4) is 0 Å². The number of hydrogen-bond acceptors (Lipinski definition) is 3. The van der Waals surface area contributed by atoms with Gasteiger partial charge in [0.25, 0.3) is 0 Å². The molecule has 0 N–H and O–H groups in total. The molecule has 62 valence electrons. The highest BCUT2D eigenvalue weighted by molar-refractivity contribution is 8.00. The lowest BCUT2D eigenvalue weighted by molar-refractivity contribution is -0.129. The molecule has 1 saturated carbocycles. The summed E-state index contributed by atoms with van der Waals surface area (Å²) >= 11 is 1.66. The quantitative estimate of drug-likeness (QED) is 0.591. The van der Waals surface area contributed by atoms with Crippen LogP contribution in [0.15, 0.2) is 0 Å². The lowest BCUT2D eigenvalue weighted by Crippen LogP contribution is -2.27. The number of Topliss-reactive ketones (excluding diaryl/α,β-unsaturated/α-hetero) is 2. The molecule has 0 radical (unpaired) electrons. The summed E-state index contributed by atoms with van der Waals surface area (Å²) in [4.78, 5) is 21.9. The first-order chi connectivity index (χ1) is 5.24. The highest BCUT2D eigenvalue weighted by Gasteiger charge is 2.26. The van der Waals surface area contributed by atoms with Gasteiger partial charge in [-0.25, -0.2) is 0 Å². The molecule has 0 aliphatic heterocycles. The number of thioether (sulfide) groups is 1. The van der Waals surface area contributed by atoms with Gasteiger partial charge in [0, 0.05) is 6.42 Å². The van der Waals surface area contributed by atoms with Crippen LogP contribution in [0, 0.1) is 0 Å². The summed E-state index contributed by atoms with van der Waals surface area (Å²) in [7, 11) is 0. The summed E-state index contributed by atoms with van der Waals surface area (Å²) in [6, 6.07) is 0.